The SMILES string of the molecule is C=CCN(Cc1ccc(C#N)cc1)C(=O)NC(C)C. The summed E-state index contributed by atoms with van der Waals surface area (Å²) in [7, 11) is 0. The molecule has 0 spiro atoms. The summed E-state index contributed by atoms with van der Waals surface area (Å²) in [4.78, 5) is 13.7. The molecular formula is C15H19N3O. The summed E-state index contributed by atoms with van der Waals surface area (Å²) in [6.45, 7) is 8.49. The fourth-order valence-corrected chi connectivity index (χ4v) is 1.62. The van der Waals surface area contributed by atoms with Crippen LogP contribution in [0.4, 0.5) is 4.79 Å². The quantitative estimate of drug-likeness (QED) is 0.824. The van der Waals surface area contributed by atoms with Crippen LogP contribution in [0.5, 0.6) is 0 Å². The minimum absolute atomic E-state index is 0.0979. The zero-order chi connectivity index (χ0) is 14.3. The summed E-state index contributed by atoms with van der Waals surface area (Å²) in [5.41, 5.74) is 1.60. The molecule has 1 aromatic carbocycles. The highest BCUT2D eigenvalue weighted by molar-refractivity contribution is 5.74. The van der Waals surface area contributed by atoms with Gasteiger partial charge in [-0.3, -0.25) is 0 Å². The molecule has 0 aliphatic rings. The van der Waals surface area contributed by atoms with E-state index in [9.17, 15) is 4.79 Å². The molecule has 0 aromatic heterocycles. The molecule has 0 aliphatic heterocycles. The molecule has 4 nitrogen and oxygen atoms in total. The van der Waals surface area contributed by atoms with Gasteiger partial charge in [0.25, 0.3) is 0 Å². The first-order chi connectivity index (χ1) is 9.06. The second-order valence-electron chi connectivity index (χ2n) is 4.58. The van der Waals surface area contributed by atoms with E-state index in [1.165, 1.54) is 0 Å². The van der Waals surface area contributed by atoms with Crippen LogP contribution in [-0.4, -0.2) is 23.5 Å². The van der Waals surface area contributed by atoms with Crippen LogP contribution in [0.25, 0.3) is 0 Å². The Balaban J connectivity index is 2.74. The molecule has 0 saturated carbocycles. The molecule has 0 bridgehead atoms. The van der Waals surface area contributed by atoms with Gasteiger partial charge in [-0.15, -0.1) is 6.58 Å². The molecule has 0 atom stereocenters. The van der Waals surface area contributed by atoms with E-state index < -0.39 is 0 Å². The zero-order valence-electron chi connectivity index (χ0n) is 11.4. The molecule has 0 unspecified atom stereocenters. The molecule has 1 aromatic rings. The highest BCUT2D eigenvalue weighted by Gasteiger charge is 2.13. The van der Waals surface area contributed by atoms with Crippen LogP contribution >= 0.6 is 0 Å². The minimum Gasteiger partial charge on any atom is -0.336 e. The standard InChI is InChI=1S/C15H19N3O/c1-4-9-18(15(19)17-12(2)3)11-14-7-5-13(10-16)6-8-14/h4-8,12H,1,9,11H2,2-3H3,(H,17,19). The third-order valence-electron chi connectivity index (χ3n) is 2.51. The molecule has 0 heterocycles. The van der Waals surface area contributed by atoms with Crippen LogP contribution in [-0.2, 0) is 6.54 Å². The number of nitriles is 1. The lowest BCUT2D eigenvalue weighted by Gasteiger charge is -2.23. The molecule has 0 aliphatic carbocycles. The van der Waals surface area contributed by atoms with Crippen molar-refractivity contribution in [1.82, 2.24) is 10.2 Å². The minimum atomic E-state index is -0.112. The first-order valence-electron chi connectivity index (χ1n) is 6.22. The maximum absolute atomic E-state index is 12.0. The van der Waals surface area contributed by atoms with Crippen LogP contribution in [0.2, 0.25) is 0 Å². The smallest absolute Gasteiger partial charge is 0.318 e. The van der Waals surface area contributed by atoms with Gasteiger partial charge in [-0.05, 0) is 31.5 Å². The van der Waals surface area contributed by atoms with Crippen LogP contribution < -0.4 is 5.32 Å². The Kier molecular flexibility index (Phi) is 5.62. The van der Waals surface area contributed by atoms with Gasteiger partial charge in [-0.2, -0.15) is 5.26 Å². The summed E-state index contributed by atoms with van der Waals surface area (Å²) in [5.74, 6) is 0. The van der Waals surface area contributed by atoms with E-state index in [2.05, 4.69) is 18.0 Å². The largest absolute Gasteiger partial charge is 0.336 e. The van der Waals surface area contributed by atoms with E-state index in [4.69, 9.17) is 5.26 Å². The Labute approximate surface area is 114 Å². The van der Waals surface area contributed by atoms with Gasteiger partial charge in [-0.1, -0.05) is 18.2 Å². The van der Waals surface area contributed by atoms with Gasteiger partial charge >= 0.3 is 6.03 Å². The predicted molar refractivity (Wildman–Crippen MR) is 75.4 cm³/mol. The van der Waals surface area contributed by atoms with Gasteiger partial charge in [0.2, 0.25) is 0 Å². The summed E-state index contributed by atoms with van der Waals surface area (Å²) < 4.78 is 0. The van der Waals surface area contributed by atoms with Crippen molar-refractivity contribution in [2.24, 2.45) is 0 Å². The van der Waals surface area contributed by atoms with Crippen molar-refractivity contribution in [3.05, 3.63) is 48.0 Å². The number of carbonyl (C=O) groups is 1. The molecule has 0 radical (unpaired) electrons. The Hall–Kier alpha value is -2.28. The van der Waals surface area contributed by atoms with Crippen LogP contribution in [0.3, 0.4) is 0 Å². The van der Waals surface area contributed by atoms with E-state index >= 15 is 0 Å². The average Bonchev–Trinajstić information content (AvgIpc) is 2.38. The summed E-state index contributed by atoms with van der Waals surface area (Å²) >= 11 is 0. The van der Waals surface area contributed by atoms with E-state index in [1.807, 2.05) is 26.0 Å². The van der Waals surface area contributed by atoms with Gasteiger partial charge in [0.15, 0.2) is 0 Å². The molecule has 4 heteroatoms. The molecule has 100 valence electrons. The third-order valence-corrected chi connectivity index (χ3v) is 2.51. The highest BCUT2D eigenvalue weighted by atomic mass is 16.2. The fourth-order valence-electron chi connectivity index (χ4n) is 1.62. The topological polar surface area (TPSA) is 56.1 Å². The number of benzene rings is 1. The number of hydrogen-bond acceptors (Lipinski definition) is 2. The predicted octanol–water partition coefficient (Wildman–Crippen LogP) is 2.66. The first-order valence-corrected chi connectivity index (χ1v) is 6.22. The number of nitrogens with one attached hydrogen (secondary N) is 1. The molecule has 0 fully saturated rings. The zero-order valence-corrected chi connectivity index (χ0v) is 11.4. The number of urea groups is 1. The second kappa shape index (κ2) is 7.22. The van der Waals surface area contributed by atoms with Gasteiger partial charge in [-0.25, -0.2) is 4.79 Å². The molecule has 19 heavy (non-hydrogen) atoms. The molecular weight excluding hydrogens is 238 g/mol. The normalized spacial score (nSPS) is 9.79. The number of nitrogens with zero attached hydrogens (tertiary/aromatic N) is 2. The van der Waals surface area contributed by atoms with Gasteiger partial charge in [0, 0.05) is 19.1 Å². The lowest BCUT2D eigenvalue weighted by Crippen LogP contribution is -2.42. The Morgan fingerprint density at radius 1 is 1.47 bits per heavy atom. The second-order valence-corrected chi connectivity index (χ2v) is 4.58. The third kappa shape index (κ3) is 4.84. The van der Waals surface area contributed by atoms with Crippen molar-refractivity contribution in [1.29, 1.82) is 5.26 Å². The Morgan fingerprint density at radius 2 is 2.11 bits per heavy atom. The maximum atomic E-state index is 12.0. The summed E-state index contributed by atoms with van der Waals surface area (Å²) in [6.07, 6.45) is 1.70. The van der Waals surface area contributed by atoms with E-state index in [0.717, 1.165) is 5.56 Å². The highest BCUT2D eigenvalue weighted by Crippen LogP contribution is 2.07. The molecule has 1 rings (SSSR count). The number of amides is 2. The molecule has 2 amide bonds. The van der Waals surface area contributed by atoms with Crippen molar-refractivity contribution < 1.29 is 4.79 Å². The van der Waals surface area contributed by atoms with Gasteiger partial charge < -0.3 is 10.2 Å². The number of rotatable bonds is 5. The van der Waals surface area contributed by atoms with Crippen molar-refractivity contribution >= 4 is 6.03 Å². The van der Waals surface area contributed by atoms with E-state index in [1.54, 1.807) is 23.1 Å². The number of carbonyl (C=O) groups excluding carboxylic acids is 1. The first kappa shape index (κ1) is 14.8. The van der Waals surface area contributed by atoms with Crippen molar-refractivity contribution in [2.75, 3.05) is 6.54 Å². The maximum Gasteiger partial charge on any atom is 0.318 e. The van der Waals surface area contributed by atoms with E-state index in [0.29, 0.717) is 18.7 Å². The number of hydrogen-bond donors (Lipinski definition) is 1. The van der Waals surface area contributed by atoms with Crippen molar-refractivity contribution in [2.45, 2.75) is 26.4 Å². The molecule has 0 saturated heterocycles. The Morgan fingerprint density at radius 3 is 2.58 bits per heavy atom. The summed E-state index contributed by atoms with van der Waals surface area (Å²) in [6, 6.07) is 9.28. The van der Waals surface area contributed by atoms with Crippen molar-refractivity contribution in [3.63, 3.8) is 0 Å². The molecule has 1 N–H and O–H groups in total. The van der Waals surface area contributed by atoms with E-state index in [-0.39, 0.29) is 12.1 Å². The fraction of sp³-hybridized carbons (Fsp3) is 0.333. The monoisotopic (exact) mass is 257 g/mol. The Bertz CT molecular complexity index is 471. The van der Waals surface area contributed by atoms with Gasteiger partial charge in [0.05, 0.1) is 11.6 Å². The van der Waals surface area contributed by atoms with Crippen LogP contribution in [0, 0.1) is 11.3 Å². The van der Waals surface area contributed by atoms with Crippen LogP contribution in [0.1, 0.15) is 25.0 Å². The summed E-state index contributed by atoms with van der Waals surface area (Å²) in [5, 5.41) is 11.6. The van der Waals surface area contributed by atoms with Gasteiger partial charge in [0.1, 0.15) is 0 Å². The lowest BCUT2D eigenvalue weighted by molar-refractivity contribution is 0.198. The van der Waals surface area contributed by atoms with Crippen LogP contribution in [0.15, 0.2) is 36.9 Å². The lowest BCUT2D eigenvalue weighted by atomic mass is 10.1. The van der Waals surface area contributed by atoms with Crippen molar-refractivity contribution in [3.8, 4) is 6.07 Å². The average molecular weight is 257 g/mol.